The number of benzene rings is 1. The quantitative estimate of drug-likeness (QED) is 0.213. The van der Waals surface area contributed by atoms with Crippen molar-refractivity contribution in [3.63, 3.8) is 0 Å². The molecule has 30 heavy (non-hydrogen) atoms. The molecule has 4 rings (SSSR count). The highest BCUT2D eigenvalue weighted by molar-refractivity contribution is 6.76. The van der Waals surface area contributed by atoms with Gasteiger partial charge in [-0.1, -0.05) is 31.2 Å². The first kappa shape index (κ1) is 20.9. The van der Waals surface area contributed by atoms with Gasteiger partial charge in [-0.2, -0.15) is 5.10 Å². The molecule has 3 aromatic heterocycles. The Morgan fingerprint density at radius 1 is 1.03 bits per heavy atom. The minimum atomic E-state index is -1.11. The van der Waals surface area contributed by atoms with Crippen molar-refractivity contribution in [2.45, 2.75) is 32.4 Å². The van der Waals surface area contributed by atoms with Crippen molar-refractivity contribution in [3.8, 4) is 17.0 Å². The summed E-state index contributed by atoms with van der Waals surface area (Å²) in [5.74, 6) is 0.788. The third kappa shape index (κ3) is 4.10. The van der Waals surface area contributed by atoms with Gasteiger partial charge >= 0.3 is 0 Å². The molecule has 0 aliphatic carbocycles. The van der Waals surface area contributed by atoms with Crippen LogP contribution in [0.2, 0.25) is 30.8 Å². The summed E-state index contributed by atoms with van der Waals surface area (Å²) in [6.07, 6.45) is 3.67. The Morgan fingerprint density at radius 3 is 2.57 bits per heavy atom. The first-order chi connectivity index (χ1) is 14.3. The second-order valence-corrected chi connectivity index (χ2v) is 14.8. The van der Waals surface area contributed by atoms with E-state index in [0.29, 0.717) is 11.9 Å². The van der Waals surface area contributed by atoms with Gasteiger partial charge in [0, 0.05) is 44.1 Å². The van der Waals surface area contributed by atoms with Crippen LogP contribution in [-0.4, -0.2) is 41.1 Å². The lowest BCUT2D eigenvalue weighted by Crippen LogP contribution is -2.22. The molecule has 0 saturated heterocycles. The molecule has 0 N–H and O–H groups in total. The Kier molecular flexibility index (Phi) is 5.61. The fourth-order valence-corrected chi connectivity index (χ4v) is 4.50. The number of methoxy groups -OCH3 is 1. The minimum absolute atomic E-state index is 0.439. The van der Waals surface area contributed by atoms with Gasteiger partial charge in [0.2, 0.25) is 0 Å². The molecule has 0 amide bonds. The Bertz CT molecular complexity index is 1210. The standard InChI is InChI=1S/C22H27ClN4O2Si/c1-26-19(9-15-10-22(23)24-13-20(15)26)17-8-16-12-25-27(18(16)11-21(17)28-2)14-29-6-7-30(3,4)5/h8-13H,6-7,14H2,1-5H3. The van der Waals surface area contributed by atoms with E-state index in [0.717, 1.165) is 51.5 Å². The average molecular weight is 443 g/mol. The van der Waals surface area contributed by atoms with Crippen LogP contribution >= 0.6 is 11.6 Å². The lowest BCUT2D eigenvalue weighted by molar-refractivity contribution is 0.0817. The molecule has 0 atom stereocenters. The predicted molar refractivity (Wildman–Crippen MR) is 125 cm³/mol. The molecule has 0 aliphatic rings. The van der Waals surface area contributed by atoms with Gasteiger partial charge in [-0.15, -0.1) is 0 Å². The lowest BCUT2D eigenvalue weighted by atomic mass is 10.1. The molecule has 0 unspecified atom stereocenters. The van der Waals surface area contributed by atoms with Crippen LogP contribution in [0, 0.1) is 0 Å². The van der Waals surface area contributed by atoms with Gasteiger partial charge in [-0.3, -0.25) is 0 Å². The number of aryl methyl sites for hydroxylation is 1. The van der Waals surface area contributed by atoms with Crippen LogP contribution < -0.4 is 4.74 Å². The van der Waals surface area contributed by atoms with Crippen molar-refractivity contribution in [2.75, 3.05) is 13.7 Å². The summed E-state index contributed by atoms with van der Waals surface area (Å²) in [6.45, 7) is 8.25. The monoisotopic (exact) mass is 442 g/mol. The van der Waals surface area contributed by atoms with Crippen LogP contribution in [0.3, 0.4) is 0 Å². The Morgan fingerprint density at radius 2 is 1.83 bits per heavy atom. The van der Waals surface area contributed by atoms with E-state index in [-0.39, 0.29) is 0 Å². The third-order valence-electron chi connectivity index (χ3n) is 5.34. The first-order valence-electron chi connectivity index (χ1n) is 9.99. The fraction of sp³-hybridized carbons (Fsp3) is 0.364. The zero-order valence-corrected chi connectivity index (χ0v) is 19.8. The number of fused-ring (bicyclic) bond motifs is 2. The summed E-state index contributed by atoms with van der Waals surface area (Å²) in [5.41, 5.74) is 4.04. The highest BCUT2D eigenvalue weighted by Crippen LogP contribution is 2.37. The molecule has 158 valence electrons. The van der Waals surface area contributed by atoms with Crippen LogP contribution in [0.15, 0.2) is 36.7 Å². The van der Waals surface area contributed by atoms with E-state index >= 15 is 0 Å². The highest BCUT2D eigenvalue weighted by Gasteiger charge is 2.17. The molecule has 0 bridgehead atoms. The summed E-state index contributed by atoms with van der Waals surface area (Å²) in [6, 6.07) is 9.27. The minimum Gasteiger partial charge on any atom is -0.496 e. The van der Waals surface area contributed by atoms with Gasteiger partial charge < -0.3 is 14.0 Å². The van der Waals surface area contributed by atoms with Crippen LogP contribution in [0.25, 0.3) is 33.1 Å². The van der Waals surface area contributed by atoms with Crippen molar-refractivity contribution >= 4 is 41.5 Å². The van der Waals surface area contributed by atoms with E-state index in [1.165, 1.54) is 0 Å². The van der Waals surface area contributed by atoms with Gasteiger partial charge in [0.1, 0.15) is 17.6 Å². The zero-order valence-electron chi connectivity index (χ0n) is 18.1. The lowest BCUT2D eigenvalue weighted by Gasteiger charge is -2.15. The molecular weight excluding hydrogens is 416 g/mol. The first-order valence-corrected chi connectivity index (χ1v) is 14.1. The number of halogens is 1. The van der Waals surface area contributed by atoms with Crippen molar-refractivity contribution < 1.29 is 9.47 Å². The summed E-state index contributed by atoms with van der Waals surface area (Å²) in [4.78, 5) is 4.21. The molecule has 0 spiro atoms. The van der Waals surface area contributed by atoms with Crippen LogP contribution in [-0.2, 0) is 18.5 Å². The van der Waals surface area contributed by atoms with Gasteiger partial charge in [0.25, 0.3) is 0 Å². The summed E-state index contributed by atoms with van der Waals surface area (Å²) < 4.78 is 15.6. The molecule has 0 aliphatic heterocycles. The highest BCUT2D eigenvalue weighted by atomic mass is 35.5. The SMILES string of the molecule is COc1cc2c(cnn2COCC[Si](C)(C)C)cc1-c1cc2cc(Cl)ncc2n1C. The van der Waals surface area contributed by atoms with Gasteiger partial charge in [-0.05, 0) is 24.2 Å². The molecule has 6 nitrogen and oxygen atoms in total. The van der Waals surface area contributed by atoms with Crippen molar-refractivity contribution in [1.29, 1.82) is 0 Å². The number of rotatable bonds is 7. The number of hydrogen-bond acceptors (Lipinski definition) is 4. The van der Waals surface area contributed by atoms with E-state index < -0.39 is 8.07 Å². The van der Waals surface area contributed by atoms with Crippen molar-refractivity contribution in [2.24, 2.45) is 7.05 Å². The number of aromatic nitrogens is 4. The number of ether oxygens (including phenoxy) is 2. The second-order valence-electron chi connectivity index (χ2n) is 8.76. The fourth-order valence-electron chi connectivity index (χ4n) is 3.57. The number of hydrogen-bond donors (Lipinski definition) is 0. The van der Waals surface area contributed by atoms with Crippen LogP contribution in [0.5, 0.6) is 5.75 Å². The van der Waals surface area contributed by atoms with E-state index in [4.69, 9.17) is 21.1 Å². The molecule has 1 aromatic carbocycles. The van der Waals surface area contributed by atoms with Gasteiger partial charge in [0.15, 0.2) is 0 Å². The maximum absolute atomic E-state index is 6.08. The van der Waals surface area contributed by atoms with E-state index in [2.05, 4.69) is 46.4 Å². The van der Waals surface area contributed by atoms with Crippen LogP contribution in [0.4, 0.5) is 0 Å². The molecule has 0 saturated carbocycles. The molecule has 3 heterocycles. The largest absolute Gasteiger partial charge is 0.496 e. The van der Waals surface area contributed by atoms with E-state index in [9.17, 15) is 0 Å². The summed E-state index contributed by atoms with van der Waals surface area (Å²) in [7, 11) is 2.61. The Balaban J connectivity index is 1.68. The van der Waals surface area contributed by atoms with Gasteiger partial charge in [0.05, 0.1) is 36.2 Å². The Hall–Kier alpha value is -2.35. The second kappa shape index (κ2) is 8.06. The molecule has 8 heteroatoms. The van der Waals surface area contributed by atoms with Gasteiger partial charge in [-0.25, -0.2) is 9.67 Å². The topological polar surface area (TPSA) is 54.1 Å². The molecule has 0 radical (unpaired) electrons. The molecule has 4 aromatic rings. The van der Waals surface area contributed by atoms with Crippen LogP contribution in [0.1, 0.15) is 0 Å². The zero-order chi connectivity index (χ0) is 21.5. The van der Waals surface area contributed by atoms with E-state index in [1.807, 2.05) is 30.1 Å². The average Bonchev–Trinajstić information content (AvgIpc) is 3.23. The molecular formula is C22H27ClN4O2Si. The third-order valence-corrected chi connectivity index (χ3v) is 7.26. The maximum atomic E-state index is 6.08. The van der Waals surface area contributed by atoms with Crippen molar-refractivity contribution in [3.05, 3.63) is 41.8 Å². The number of nitrogens with zero attached hydrogens (tertiary/aromatic N) is 4. The molecule has 0 fully saturated rings. The smallest absolute Gasteiger partial charge is 0.139 e. The number of pyridine rings is 1. The predicted octanol–water partition coefficient (Wildman–Crippen LogP) is 5.56. The summed E-state index contributed by atoms with van der Waals surface area (Å²) >= 11 is 6.08. The van der Waals surface area contributed by atoms with Crippen molar-refractivity contribution in [1.82, 2.24) is 19.3 Å². The van der Waals surface area contributed by atoms with E-state index in [1.54, 1.807) is 13.3 Å². The maximum Gasteiger partial charge on any atom is 0.139 e. The summed E-state index contributed by atoms with van der Waals surface area (Å²) in [5, 5.41) is 7.10. The normalized spacial score (nSPS) is 12.2. The Labute approximate surface area is 182 Å².